The maximum atomic E-state index is 11.6. The molecule has 0 aliphatic carbocycles. The van der Waals surface area contributed by atoms with Gasteiger partial charge in [-0.3, -0.25) is 14.4 Å². The van der Waals surface area contributed by atoms with Crippen LogP contribution in [0.15, 0.2) is 48.8 Å². The molecule has 0 aliphatic rings. The zero-order chi connectivity index (χ0) is 13.7. The molecule has 0 radical (unpaired) electrons. The topological polar surface area (TPSA) is 86.4 Å². The normalized spacial score (nSPS) is 10.1. The van der Waals surface area contributed by atoms with Gasteiger partial charge in [0.05, 0.1) is 0 Å². The molecule has 0 unspecified atom stereocenters. The number of nitrogens with one attached hydrogen (secondary N) is 1. The van der Waals surface area contributed by atoms with Crippen LogP contribution >= 0.6 is 0 Å². The fourth-order valence-corrected chi connectivity index (χ4v) is 1.52. The largest absolute Gasteiger partial charge is 0.368 e. The number of carbonyl (C=O) groups is 2. The van der Waals surface area contributed by atoms with Gasteiger partial charge in [-0.25, -0.2) is 5.48 Å². The van der Waals surface area contributed by atoms with Crippen LogP contribution in [0.3, 0.4) is 0 Å². The summed E-state index contributed by atoms with van der Waals surface area (Å²) in [5.74, 6) is -1.08. The van der Waals surface area contributed by atoms with Gasteiger partial charge in [0, 0.05) is 23.6 Å². The third-order valence-electron chi connectivity index (χ3n) is 2.41. The Hall–Kier alpha value is -2.60. The molecule has 0 atom stereocenters. The van der Waals surface area contributed by atoms with E-state index in [1.165, 1.54) is 0 Å². The summed E-state index contributed by atoms with van der Waals surface area (Å²) in [6, 6.07) is 10.8. The number of nitrogens with two attached hydrogens (primary N) is 1. The molecule has 0 aliphatic heterocycles. The van der Waals surface area contributed by atoms with Crippen LogP contribution in [0.25, 0.3) is 5.69 Å². The number of benzene rings is 1. The number of aromatic nitrogens is 1. The molecule has 1 aromatic heterocycles. The average molecular weight is 259 g/mol. The van der Waals surface area contributed by atoms with Gasteiger partial charge in [0.15, 0.2) is 6.61 Å². The van der Waals surface area contributed by atoms with Crippen molar-refractivity contribution in [1.29, 1.82) is 0 Å². The minimum Gasteiger partial charge on any atom is -0.368 e. The van der Waals surface area contributed by atoms with Gasteiger partial charge in [0.1, 0.15) is 0 Å². The van der Waals surface area contributed by atoms with E-state index in [1.807, 2.05) is 41.2 Å². The lowest BCUT2D eigenvalue weighted by Gasteiger charge is -2.06. The predicted molar refractivity (Wildman–Crippen MR) is 68.4 cm³/mol. The van der Waals surface area contributed by atoms with E-state index in [4.69, 9.17) is 5.73 Å². The first kappa shape index (κ1) is 12.8. The van der Waals surface area contributed by atoms with E-state index in [1.54, 1.807) is 12.1 Å². The van der Waals surface area contributed by atoms with Crippen molar-refractivity contribution in [2.45, 2.75) is 0 Å². The Kier molecular flexibility index (Phi) is 3.94. The first-order valence-corrected chi connectivity index (χ1v) is 5.60. The highest BCUT2D eigenvalue weighted by Gasteiger charge is 2.06. The molecule has 0 fully saturated rings. The molecular formula is C13H13N3O3. The first-order chi connectivity index (χ1) is 9.16. The maximum absolute atomic E-state index is 11.6. The highest BCUT2D eigenvalue weighted by Crippen LogP contribution is 2.09. The number of nitrogens with zero attached hydrogens (tertiary/aromatic N) is 1. The molecule has 2 rings (SSSR count). The molecule has 0 bridgehead atoms. The van der Waals surface area contributed by atoms with E-state index in [9.17, 15) is 9.59 Å². The monoisotopic (exact) mass is 259 g/mol. The molecule has 19 heavy (non-hydrogen) atoms. The molecule has 98 valence electrons. The molecule has 0 saturated carbocycles. The van der Waals surface area contributed by atoms with Gasteiger partial charge in [0.25, 0.3) is 5.91 Å². The summed E-state index contributed by atoms with van der Waals surface area (Å²) in [7, 11) is 0. The summed E-state index contributed by atoms with van der Waals surface area (Å²) in [5, 5.41) is 0. The molecule has 1 heterocycles. The Morgan fingerprint density at radius 1 is 1.16 bits per heavy atom. The highest BCUT2D eigenvalue weighted by molar-refractivity contribution is 5.93. The average Bonchev–Trinajstić information content (AvgIpc) is 2.92. The van der Waals surface area contributed by atoms with E-state index in [-0.39, 0.29) is 6.61 Å². The van der Waals surface area contributed by atoms with Gasteiger partial charge in [-0.15, -0.1) is 0 Å². The fraction of sp³-hybridized carbons (Fsp3) is 0.0769. The zero-order valence-corrected chi connectivity index (χ0v) is 10.1. The van der Waals surface area contributed by atoms with E-state index >= 15 is 0 Å². The quantitative estimate of drug-likeness (QED) is 0.772. The smallest absolute Gasteiger partial charge is 0.274 e. The van der Waals surface area contributed by atoms with Gasteiger partial charge in [-0.1, -0.05) is 0 Å². The Morgan fingerprint density at radius 3 is 2.37 bits per heavy atom. The molecule has 0 saturated heterocycles. The number of amides is 2. The van der Waals surface area contributed by atoms with E-state index in [0.717, 1.165) is 5.69 Å². The van der Waals surface area contributed by atoms with Crippen molar-refractivity contribution >= 4 is 11.8 Å². The van der Waals surface area contributed by atoms with Crippen molar-refractivity contribution in [3.63, 3.8) is 0 Å². The molecule has 2 aromatic rings. The van der Waals surface area contributed by atoms with Gasteiger partial charge in [-0.05, 0) is 36.4 Å². The number of hydroxylamine groups is 1. The van der Waals surface area contributed by atoms with Crippen molar-refractivity contribution in [2.24, 2.45) is 5.73 Å². The standard InChI is InChI=1S/C13H13N3O3/c14-12(17)9-19-15-13(18)10-3-5-11(6-4-10)16-7-1-2-8-16/h1-8H,9H2,(H2,14,17)(H,15,18). The number of hydrogen-bond donors (Lipinski definition) is 2. The minimum atomic E-state index is -0.650. The van der Waals surface area contributed by atoms with Crippen LogP contribution in [-0.4, -0.2) is 23.0 Å². The van der Waals surface area contributed by atoms with Crippen LogP contribution in [0.4, 0.5) is 0 Å². The van der Waals surface area contributed by atoms with Crippen LogP contribution in [0.5, 0.6) is 0 Å². The predicted octanol–water partition coefficient (Wildman–Crippen LogP) is 0.624. The fourth-order valence-electron chi connectivity index (χ4n) is 1.52. The van der Waals surface area contributed by atoms with Crippen LogP contribution in [0.1, 0.15) is 10.4 Å². The Bertz CT molecular complexity index is 561. The zero-order valence-electron chi connectivity index (χ0n) is 10.1. The number of rotatable bonds is 5. The van der Waals surface area contributed by atoms with Gasteiger partial charge < -0.3 is 10.3 Å². The summed E-state index contributed by atoms with van der Waals surface area (Å²) in [6.07, 6.45) is 3.82. The molecule has 6 heteroatoms. The molecule has 2 amide bonds. The van der Waals surface area contributed by atoms with Crippen molar-refractivity contribution in [2.75, 3.05) is 6.61 Å². The SMILES string of the molecule is NC(=O)CONC(=O)c1ccc(-n2cccc2)cc1. The second-order valence-corrected chi connectivity index (χ2v) is 3.82. The Labute approximate surface area is 109 Å². The second-order valence-electron chi connectivity index (χ2n) is 3.82. The number of primary amides is 1. The highest BCUT2D eigenvalue weighted by atomic mass is 16.7. The van der Waals surface area contributed by atoms with Crippen LogP contribution in [-0.2, 0) is 9.63 Å². The van der Waals surface area contributed by atoms with Crippen LogP contribution < -0.4 is 11.2 Å². The summed E-state index contributed by atoms with van der Waals surface area (Å²) in [6.45, 7) is -0.354. The van der Waals surface area contributed by atoms with E-state index in [2.05, 4.69) is 10.3 Å². The number of hydrogen-bond acceptors (Lipinski definition) is 3. The van der Waals surface area contributed by atoms with Crippen LogP contribution in [0, 0.1) is 0 Å². The molecule has 1 aromatic carbocycles. The van der Waals surface area contributed by atoms with Gasteiger partial charge >= 0.3 is 0 Å². The van der Waals surface area contributed by atoms with E-state index in [0.29, 0.717) is 5.56 Å². The van der Waals surface area contributed by atoms with E-state index < -0.39 is 11.8 Å². The Balaban J connectivity index is 1.98. The lowest BCUT2D eigenvalue weighted by Crippen LogP contribution is -2.29. The van der Waals surface area contributed by atoms with Crippen molar-refractivity contribution in [3.05, 3.63) is 54.4 Å². The van der Waals surface area contributed by atoms with Gasteiger partial charge in [-0.2, -0.15) is 0 Å². The first-order valence-electron chi connectivity index (χ1n) is 5.60. The molecule has 3 N–H and O–H groups in total. The molecule has 0 spiro atoms. The minimum absolute atomic E-state index is 0.354. The van der Waals surface area contributed by atoms with Gasteiger partial charge in [0.2, 0.25) is 5.91 Å². The maximum Gasteiger partial charge on any atom is 0.274 e. The molecule has 6 nitrogen and oxygen atoms in total. The molecular weight excluding hydrogens is 246 g/mol. The second kappa shape index (κ2) is 5.83. The summed E-state index contributed by atoms with van der Waals surface area (Å²) < 4.78 is 1.92. The lowest BCUT2D eigenvalue weighted by molar-refractivity contribution is -0.124. The third-order valence-corrected chi connectivity index (χ3v) is 2.41. The van der Waals surface area contributed by atoms with Crippen molar-refractivity contribution < 1.29 is 14.4 Å². The van der Waals surface area contributed by atoms with Crippen LogP contribution in [0.2, 0.25) is 0 Å². The third kappa shape index (κ3) is 3.43. The lowest BCUT2D eigenvalue weighted by atomic mass is 10.2. The summed E-state index contributed by atoms with van der Waals surface area (Å²) >= 11 is 0. The van der Waals surface area contributed by atoms with Crippen molar-refractivity contribution in [3.8, 4) is 5.69 Å². The Morgan fingerprint density at radius 2 is 1.79 bits per heavy atom. The summed E-state index contributed by atoms with van der Waals surface area (Å²) in [5.41, 5.74) is 8.39. The number of carbonyl (C=O) groups excluding carboxylic acids is 2. The summed E-state index contributed by atoms with van der Waals surface area (Å²) in [4.78, 5) is 26.7. The van der Waals surface area contributed by atoms with Crippen molar-refractivity contribution in [1.82, 2.24) is 10.0 Å².